The van der Waals surface area contributed by atoms with Crippen LogP contribution in [0.15, 0.2) is 52.0 Å². The minimum Gasteiger partial charge on any atom is -0.483 e. The fraction of sp³-hybridized carbons (Fsp3) is 0.0667. The number of nitrogens with zero attached hydrogens (tertiary/aromatic N) is 1. The van der Waals surface area contributed by atoms with Gasteiger partial charge in [0.25, 0.3) is 5.91 Å². The molecule has 22 heavy (non-hydrogen) atoms. The van der Waals surface area contributed by atoms with E-state index < -0.39 is 5.91 Å². The van der Waals surface area contributed by atoms with Crippen molar-refractivity contribution in [2.24, 2.45) is 5.10 Å². The minimum atomic E-state index is -0.393. The van der Waals surface area contributed by atoms with Crippen LogP contribution in [-0.2, 0) is 4.79 Å². The maximum atomic E-state index is 11.7. The second kappa shape index (κ2) is 8.17. The highest BCUT2D eigenvalue weighted by Crippen LogP contribution is 2.23. The third-order valence-corrected chi connectivity index (χ3v) is 3.89. The van der Waals surface area contributed by atoms with Gasteiger partial charge in [-0.05, 0) is 40.2 Å². The van der Waals surface area contributed by atoms with E-state index in [1.54, 1.807) is 24.3 Å². The van der Waals surface area contributed by atoms with Crippen molar-refractivity contribution in [2.45, 2.75) is 0 Å². The van der Waals surface area contributed by atoms with E-state index in [1.807, 2.05) is 18.2 Å². The lowest BCUT2D eigenvalue weighted by molar-refractivity contribution is -0.123. The second-order valence-corrected chi connectivity index (χ2v) is 5.82. The van der Waals surface area contributed by atoms with Crippen LogP contribution < -0.4 is 10.2 Å². The average Bonchev–Trinajstić information content (AvgIpc) is 2.49. The first kappa shape index (κ1) is 16.8. The topological polar surface area (TPSA) is 50.7 Å². The number of carbonyl (C=O) groups excluding carboxylic acids is 1. The lowest BCUT2D eigenvalue weighted by Crippen LogP contribution is -2.24. The first-order valence-corrected chi connectivity index (χ1v) is 7.76. The first-order valence-electron chi connectivity index (χ1n) is 6.21. The van der Waals surface area contributed by atoms with Gasteiger partial charge in [0.15, 0.2) is 6.61 Å². The van der Waals surface area contributed by atoms with Crippen molar-refractivity contribution in [3.8, 4) is 5.75 Å². The molecule has 4 nitrogen and oxygen atoms in total. The summed E-state index contributed by atoms with van der Waals surface area (Å²) in [4.78, 5) is 11.7. The molecule has 0 atom stereocenters. The summed E-state index contributed by atoms with van der Waals surface area (Å²) in [5.74, 6) is 0.186. The van der Waals surface area contributed by atoms with Crippen LogP contribution in [0.1, 0.15) is 5.56 Å². The van der Waals surface area contributed by atoms with Crippen LogP contribution in [0.3, 0.4) is 0 Å². The smallest absolute Gasteiger partial charge is 0.277 e. The van der Waals surface area contributed by atoms with Gasteiger partial charge in [-0.25, -0.2) is 5.43 Å². The molecular weight excluding hydrogens is 391 g/mol. The Morgan fingerprint density at radius 3 is 2.55 bits per heavy atom. The van der Waals surface area contributed by atoms with Gasteiger partial charge in [0, 0.05) is 5.56 Å². The Hall–Kier alpha value is -1.56. The second-order valence-electron chi connectivity index (χ2n) is 4.15. The van der Waals surface area contributed by atoms with E-state index >= 15 is 0 Å². The Kier molecular flexibility index (Phi) is 6.24. The van der Waals surface area contributed by atoms with E-state index in [4.69, 9.17) is 27.9 Å². The number of hydrogen-bond donors (Lipinski definition) is 1. The number of hydrazone groups is 1. The van der Waals surface area contributed by atoms with Crippen molar-refractivity contribution in [1.82, 2.24) is 5.43 Å². The van der Waals surface area contributed by atoms with Crippen molar-refractivity contribution >= 4 is 51.3 Å². The van der Waals surface area contributed by atoms with Crippen LogP contribution in [0.2, 0.25) is 10.0 Å². The number of benzene rings is 2. The number of rotatable bonds is 5. The van der Waals surface area contributed by atoms with Crippen LogP contribution in [0.4, 0.5) is 0 Å². The third kappa shape index (κ3) is 4.73. The third-order valence-electron chi connectivity index (χ3n) is 2.58. The normalized spacial score (nSPS) is 10.7. The maximum Gasteiger partial charge on any atom is 0.277 e. The predicted molar refractivity (Wildman–Crippen MR) is 91.8 cm³/mol. The van der Waals surface area contributed by atoms with Crippen LogP contribution >= 0.6 is 39.1 Å². The van der Waals surface area contributed by atoms with Gasteiger partial charge in [0.1, 0.15) is 5.75 Å². The molecule has 0 aliphatic heterocycles. The fourth-order valence-corrected chi connectivity index (χ4v) is 2.43. The molecule has 0 radical (unpaired) electrons. The molecule has 114 valence electrons. The van der Waals surface area contributed by atoms with Gasteiger partial charge in [-0.3, -0.25) is 4.79 Å². The Morgan fingerprint density at radius 2 is 1.86 bits per heavy atom. The molecule has 0 aromatic heterocycles. The largest absolute Gasteiger partial charge is 0.483 e. The molecule has 0 bridgehead atoms. The van der Waals surface area contributed by atoms with E-state index in [1.165, 1.54) is 6.21 Å². The standard InChI is InChI=1S/C15H11BrCl2N2O2/c16-11-4-1-2-7-14(11)22-9-15(21)20-19-8-10-12(17)5-3-6-13(10)18/h1-8H,9H2,(H,20,21)/b19-8+. The van der Waals surface area contributed by atoms with Gasteiger partial charge in [-0.15, -0.1) is 0 Å². The van der Waals surface area contributed by atoms with Crippen LogP contribution in [0.5, 0.6) is 5.75 Å². The quantitative estimate of drug-likeness (QED) is 0.600. The molecule has 0 saturated heterocycles. The van der Waals surface area contributed by atoms with Crippen LogP contribution in [-0.4, -0.2) is 18.7 Å². The van der Waals surface area contributed by atoms with Gasteiger partial charge >= 0.3 is 0 Å². The number of ether oxygens (including phenoxy) is 1. The highest BCUT2D eigenvalue weighted by molar-refractivity contribution is 9.10. The summed E-state index contributed by atoms with van der Waals surface area (Å²) in [7, 11) is 0. The van der Waals surface area contributed by atoms with E-state index in [2.05, 4.69) is 26.5 Å². The molecular formula is C15H11BrCl2N2O2. The molecule has 0 unspecified atom stereocenters. The SMILES string of the molecule is O=C(COc1ccccc1Br)N/N=C/c1c(Cl)cccc1Cl. The summed E-state index contributed by atoms with van der Waals surface area (Å²) in [6.45, 7) is -0.157. The molecule has 0 heterocycles. The summed E-state index contributed by atoms with van der Waals surface area (Å²) in [5.41, 5.74) is 2.89. The Morgan fingerprint density at radius 1 is 1.18 bits per heavy atom. The Balaban J connectivity index is 1.88. The average molecular weight is 402 g/mol. The summed E-state index contributed by atoms with van der Waals surface area (Å²) in [6.07, 6.45) is 1.39. The summed E-state index contributed by atoms with van der Waals surface area (Å²) >= 11 is 15.3. The van der Waals surface area contributed by atoms with Crippen molar-refractivity contribution < 1.29 is 9.53 Å². The molecule has 0 aliphatic rings. The van der Waals surface area contributed by atoms with Crippen LogP contribution in [0.25, 0.3) is 0 Å². The highest BCUT2D eigenvalue weighted by atomic mass is 79.9. The predicted octanol–water partition coefficient (Wildman–Crippen LogP) is 4.29. The Bertz CT molecular complexity index is 687. The maximum absolute atomic E-state index is 11.7. The monoisotopic (exact) mass is 400 g/mol. The molecule has 0 saturated carbocycles. The van der Waals surface area contributed by atoms with E-state index in [0.29, 0.717) is 21.4 Å². The van der Waals surface area contributed by atoms with Crippen molar-refractivity contribution in [2.75, 3.05) is 6.61 Å². The highest BCUT2D eigenvalue weighted by Gasteiger charge is 2.05. The zero-order chi connectivity index (χ0) is 15.9. The fourth-order valence-electron chi connectivity index (χ4n) is 1.54. The molecule has 0 aliphatic carbocycles. The molecule has 1 amide bonds. The van der Waals surface area contributed by atoms with Crippen LogP contribution in [0, 0.1) is 0 Å². The van der Waals surface area contributed by atoms with Gasteiger partial charge < -0.3 is 4.74 Å². The number of amides is 1. The molecule has 1 N–H and O–H groups in total. The summed E-state index contributed by atoms with van der Waals surface area (Å²) in [5, 5.41) is 4.72. The lowest BCUT2D eigenvalue weighted by Gasteiger charge is -2.06. The van der Waals surface area contributed by atoms with E-state index in [9.17, 15) is 4.79 Å². The van der Waals surface area contributed by atoms with Crippen molar-refractivity contribution in [3.05, 3.63) is 62.5 Å². The van der Waals surface area contributed by atoms with Gasteiger partial charge in [0.2, 0.25) is 0 Å². The van der Waals surface area contributed by atoms with E-state index in [0.717, 1.165) is 4.47 Å². The molecule has 2 rings (SSSR count). The number of para-hydroxylation sites is 1. The number of carbonyl (C=O) groups is 1. The number of nitrogens with one attached hydrogen (secondary N) is 1. The van der Waals surface area contributed by atoms with Gasteiger partial charge in [0.05, 0.1) is 20.7 Å². The van der Waals surface area contributed by atoms with Crippen molar-refractivity contribution in [1.29, 1.82) is 0 Å². The van der Waals surface area contributed by atoms with E-state index in [-0.39, 0.29) is 6.61 Å². The first-order chi connectivity index (χ1) is 10.6. The molecule has 2 aromatic carbocycles. The molecule has 0 fully saturated rings. The molecule has 7 heteroatoms. The zero-order valence-electron chi connectivity index (χ0n) is 11.2. The van der Waals surface area contributed by atoms with Gasteiger partial charge in [-0.1, -0.05) is 41.4 Å². The number of hydrogen-bond acceptors (Lipinski definition) is 3. The lowest BCUT2D eigenvalue weighted by atomic mass is 10.2. The minimum absolute atomic E-state index is 0.157. The van der Waals surface area contributed by atoms with Gasteiger partial charge in [-0.2, -0.15) is 5.10 Å². The summed E-state index contributed by atoms with van der Waals surface area (Å²) in [6, 6.07) is 12.4. The zero-order valence-corrected chi connectivity index (χ0v) is 14.3. The summed E-state index contributed by atoms with van der Waals surface area (Å²) < 4.78 is 6.14. The molecule has 0 spiro atoms. The molecule has 2 aromatic rings. The van der Waals surface area contributed by atoms with Crippen molar-refractivity contribution in [3.63, 3.8) is 0 Å². The number of halogens is 3. The Labute approximate surface area is 146 Å².